The number of ketones is 1. The van der Waals surface area contributed by atoms with Crippen LogP contribution in [0.15, 0.2) is 47.4 Å². The normalized spacial score (nSPS) is 10.3. The lowest BCUT2D eigenvalue weighted by atomic mass is 10.0. The van der Waals surface area contributed by atoms with Crippen LogP contribution in [0.1, 0.15) is 21.5 Å². The number of thioether (sulfide) groups is 1. The van der Waals surface area contributed by atoms with Crippen LogP contribution in [-0.4, -0.2) is 12.0 Å². The van der Waals surface area contributed by atoms with Crippen molar-refractivity contribution in [3.63, 3.8) is 0 Å². The third-order valence-corrected chi connectivity index (χ3v) is 3.54. The highest BCUT2D eigenvalue weighted by atomic mass is 32.2. The van der Waals surface area contributed by atoms with E-state index in [1.165, 1.54) is 0 Å². The Hall–Kier alpha value is -1.74. The number of carbonyl (C=O) groups excluding carboxylic acids is 1. The summed E-state index contributed by atoms with van der Waals surface area (Å²) < 4.78 is 0. The van der Waals surface area contributed by atoms with E-state index in [9.17, 15) is 4.79 Å². The highest BCUT2D eigenvalue weighted by molar-refractivity contribution is 7.98. The molecule has 0 spiro atoms. The van der Waals surface area contributed by atoms with Crippen molar-refractivity contribution < 1.29 is 4.79 Å². The molecule has 0 bridgehead atoms. The average Bonchev–Trinajstić information content (AvgIpc) is 2.38. The van der Waals surface area contributed by atoms with Crippen LogP contribution >= 0.6 is 11.8 Å². The maximum Gasteiger partial charge on any atom is 0.194 e. The second-order valence-corrected chi connectivity index (χ2v) is 5.01. The molecule has 0 heterocycles. The first-order chi connectivity index (χ1) is 8.61. The summed E-state index contributed by atoms with van der Waals surface area (Å²) in [6.07, 6.45) is 1.97. The van der Waals surface area contributed by atoms with Gasteiger partial charge in [0, 0.05) is 21.7 Å². The molecule has 0 fully saturated rings. The number of benzene rings is 2. The van der Waals surface area contributed by atoms with Gasteiger partial charge in [0.05, 0.1) is 0 Å². The van der Waals surface area contributed by atoms with Gasteiger partial charge in [-0.1, -0.05) is 23.8 Å². The zero-order valence-corrected chi connectivity index (χ0v) is 11.3. The molecule has 2 rings (SSSR count). The van der Waals surface area contributed by atoms with Gasteiger partial charge in [0.25, 0.3) is 0 Å². The monoisotopic (exact) mass is 257 g/mol. The molecule has 2 N–H and O–H groups in total. The van der Waals surface area contributed by atoms with Crippen LogP contribution in [-0.2, 0) is 0 Å². The van der Waals surface area contributed by atoms with Gasteiger partial charge in [0.1, 0.15) is 0 Å². The standard InChI is InChI=1S/C15H15NOS/c1-10-6-7-14(18-2)13(8-10)15(17)11-4-3-5-12(16)9-11/h3-9H,16H2,1-2H3. The smallest absolute Gasteiger partial charge is 0.194 e. The SMILES string of the molecule is CSc1ccc(C)cc1C(=O)c1cccc(N)c1. The maximum absolute atomic E-state index is 12.5. The molecule has 0 atom stereocenters. The van der Waals surface area contributed by atoms with Gasteiger partial charge in [0.2, 0.25) is 0 Å². The minimum Gasteiger partial charge on any atom is -0.399 e. The van der Waals surface area contributed by atoms with Crippen LogP contribution in [0.2, 0.25) is 0 Å². The maximum atomic E-state index is 12.5. The molecule has 92 valence electrons. The van der Waals surface area contributed by atoms with Crippen molar-refractivity contribution in [1.29, 1.82) is 0 Å². The summed E-state index contributed by atoms with van der Waals surface area (Å²) in [6.45, 7) is 1.99. The van der Waals surface area contributed by atoms with Crippen LogP contribution in [0.5, 0.6) is 0 Å². The summed E-state index contributed by atoms with van der Waals surface area (Å²) in [6, 6.07) is 13.0. The van der Waals surface area contributed by atoms with E-state index in [0.717, 1.165) is 16.0 Å². The lowest BCUT2D eigenvalue weighted by Gasteiger charge is -2.08. The molecule has 0 aromatic heterocycles. The number of hydrogen-bond donors (Lipinski definition) is 1. The summed E-state index contributed by atoms with van der Waals surface area (Å²) >= 11 is 1.58. The molecule has 0 saturated heterocycles. The molecule has 0 saturated carbocycles. The molecule has 2 aromatic rings. The Balaban J connectivity index is 2.48. The Bertz CT molecular complexity index is 593. The van der Waals surface area contributed by atoms with Crippen molar-refractivity contribution in [2.24, 2.45) is 0 Å². The van der Waals surface area contributed by atoms with Gasteiger partial charge in [-0.05, 0) is 37.4 Å². The van der Waals surface area contributed by atoms with Gasteiger partial charge in [-0.25, -0.2) is 0 Å². The summed E-state index contributed by atoms with van der Waals surface area (Å²) in [5.74, 6) is 0.0235. The molecule has 0 amide bonds. The van der Waals surface area contributed by atoms with E-state index in [1.54, 1.807) is 36.0 Å². The number of rotatable bonds is 3. The van der Waals surface area contributed by atoms with Crippen LogP contribution in [0.4, 0.5) is 5.69 Å². The van der Waals surface area contributed by atoms with E-state index in [4.69, 9.17) is 5.73 Å². The lowest BCUT2D eigenvalue weighted by molar-refractivity contribution is 0.103. The minimum absolute atomic E-state index is 0.0235. The average molecular weight is 257 g/mol. The first-order valence-corrected chi connectivity index (χ1v) is 6.89. The Labute approximate surface area is 111 Å². The van der Waals surface area contributed by atoms with Gasteiger partial charge >= 0.3 is 0 Å². The van der Waals surface area contributed by atoms with Gasteiger partial charge in [-0.2, -0.15) is 0 Å². The van der Waals surface area contributed by atoms with Gasteiger partial charge in [0.15, 0.2) is 5.78 Å². The number of hydrogen-bond acceptors (Lipinski definition) is 3. The number of nitrogen functional groups attached to an aromatic ring is 1. The van der Waals surface area contributed by atoms with Crippen molar-refractivity contribution in [2.45, 2.75) is 11.8 Å². The number of carbonyl (C=O) groups is 1. The van der Waals surface area contributed by atoms with E-state index >= 15 is 0 Å². The molecular formula is C15H15NOS. The van der Waals surface area contributed by atoms with Gasteiger partial charge in [-0.15, -0.1) is 11.8 Å². The molecule has 3 heteroatoms. The third kappa shape index (κ3) is 2.57. The molecular weight excluding hydrogens is 242 g/mol. The molecule has 0 aliphatic rings. The number of aryl methyl sites for hydroxylation is 1. The lowest BCUT2D eigenvalue weighted by Crippen LogP contribution is -2.04. The number of anilines is 1. The third-order valence-electron chi connectivity index (χ3n) is 2.75. The molecule has 0 aliphatic heterocycles. The first-order valence-electron chi connectivity index (χ1n) is 5.66. The Morgan fingerprint density at radius 1 is 1.17 bits per heavy atom. The Morgan fingerprint density at radius 3 is 2.61 bits per heavy atom. The number of nitrogens with two attached hydrogens (primary N) is 1. The van der Waals surface area contributed by atoms with E-state index in [1.807, 2.05) is 31.4 Å². The van der Waals surface area contributed by atoms with E-state index in [0.29, 0.717) is 11.3 Å². The van der Waals surface area contributed by atoms with Gasteiger partial charge < -0.3 is 5.73 Å². The molecule has 0 aliphatic carbocycles. The Kier molecular flexibility index (Phi) is 3.72. The van der Waals surface area contributed by atoms with Crippen molar-refractivity contribution in [1.82, 2.24) is 0 Å². The van der Waals surface area contributed by atoms with Crippen LogP contribution in [0, 0.1) is 6.92 Å². The predicted molar refractivity (Wildman–Crippen MR) is 77.2 cm³/mol. The zero-order valence-electron chi connectivity index (χ0n) is 10.4. The summed E-state index contributed by atoms with van der Waals surface area (Å²) in [5.41, 5.74) is 8.79. The van der Waals surface area contributed by atoms with Crippen LogP contribution in [0.25, 0.3) is 0 Å². The predicted octanol–water partition coefficient (Wildman–Crippen LogP) is 3.53. The van der Waals surface area contributed by atoms with E-state index in [2.05, 4.69) is 0 Å². The fourth-order valence-electron chi connectivity index (χ4n) is 1.83. The largest absolute Gasteiger partial charge is 0.399 e. The molecule has 0 radical (unpaired) electrons. The van der Waals surface area contributed by atoms with E-state index < -0.39 is 0 Å². The molecule has 0 unspecified atom stereocenters. The first kappa shape index (κ1) is 12.7. The molecule has 18 heavy (non-hydrogen) atoms. The summed E-state index contributed by atoms with van der Waals surface area (Å²) in [4.78, 5) is 13.5. The van der Waals surface area contributed by atoms with Crippen LogP contribution < -0.4 is 5.73 Å². The second-order valence-electron chi connectivity index (χ2n) is 4.16. The quantitative estimate of drug-likeness (QED) is 0.519. The van der Waals surface area contributed by atoms with Crippen LogP contribution in [0.3, 0.4) is 0 Å². The van der Waals surface area contributed by atoms with Crippen molar-refractivity contribution in [3.05, 3.63) is 59.2 Å². The zero-order chi connectivity index (χ0) is 13.1. The van der Waals surface area contributed by atoms with Gasteiger partial charge in [-0.3, -0.25) is 4.79 Å². The summed E-state index contributed by atoms with van der Waals surface area (Å²) in [7, 11) is 0. The van der Waals surface area contributed by atoms with Crippen molar-refractivity contribution in [2.75, 3.05) is 12.0 Å². The highest BCUT2D eigenvalue weighted by Crippen LogP contribution is 2.24. The fraction of sp³-hybridized carbons (Fsp3) is 0.133. The highest BCUT2D eigenvalue weighted by Gasteiger charge is 2.13. The molecule has 2 aromatic carbocycles. The van der Waals surface area contributed by atoms with E-state index in [-0.39, 0.29) is 5.78 Å². The summed E-state index contributed by atoms with van der Waals surface area (Å²) in [5, 5.41) is 0. The second kappa shape index (κ2) is 5.27. The minimum atomic E-state index is 0.0235. The fourth-order valence-corrected chi connectivity index (χ4v) is 2.41. The molecule has 2 nitrogen and oxygen atoms in total. The Morgan fingerprint density at radius 2 is 1.94 bits per heavy atom. The van der Waals surface area contributed by atoms with Crippen molar-refractivity contribution >= 4 is 23.2 Å². The topological polar surface area (TPSA) is 43.1 Å². The van der Waals surface area contributed by atoms with Crippen molar-refractivity contribution in [3.8, 4) is 0 Å².